The lowest BCUT2D eigenvalue weighted by Gasteiger charge is -2.40. The van der Waals surface area contributed by atoms with Gasteiger partial charge in [0, 0.05) is 145 Å². The summed E-state index contributed by atoms with van der Waals surface area (Å²) >= 11 is 3.61. The number of methoxy groups -OCH3 is 1. The Morgan fingerprint density at radius 1 is 0.831 bits per heavy atom. The van der Waals surface area contributed by atoms with Crippen LogP contribution in [0.1, 0.15) is 19.3 Å². The monoisotopic (exact) mass is 1130 g/mol. The normalized spacial score (nSPS) is 15.9. The predicted molar refractivity (Wildman–Crippen MR) is 298 cm³/mol. The van der Waals surface area contributed by atoms with Gasteiger partial charge >= 0.3 is 6.03 Å². The summed E-state index contributed by atoms with van der Waals surface area (Å²) in [4.78, 5) is 47.1. The zero-order valence-corrected chi connectivity index (χ0v) is 45.7. The number of benzene rings is 3. The van der Waals surface area contributed by atoms with Crippen LogP contribution in [0.3, 0.4) is 0 Å². The van der Waals surface area contributed by atoms with Gasteiger partial charge in [-0.15, -0.1) is 0 Å². The van der Waals surface area contributed by atoms with Crippen molar-refractivity contribution in [2.45, 2.75) is 19.3 Å². The highest BCUT2D eigenvalue weighted by Crippen LogP contribution is 2.43. The molecule has 0 bridgehead atoms. The predicted octanol–water partition coefficient (Wildman–Crippen LogP) is 6.99. The van der Waals surface area contributed by atoms with E-state index >= 15 is 4.39 Å². The second-order valence-corrected chi connectivity index (χ2v) is 22.6. The summed E-state index contributed by atoms with van der Waals surface area (Å²) in [6.07, 6.45) is 12.3. The number of pyridine rings is 1. The molecule has 3 fully saturated rings. The third-order valence-corrected chi connectivity index (χ3v) is 16.4. The van der Waals surface area contributed by atoms with Crippen molar-refractivity contribution in [3.63, 3.8) is 0 Å². The minimum absolute atomic E-state index is 0.152. The quantitative estimate of drug-likeness (QED) is 0.0998. The standard InChI is InChI=1S/C52H57BrFN17O5S/c1-64-29-32(25-56-64)35-22-42(60-51-55-27-37(53)49(62-51)59-41-10-9-40-34(48(41)67(4)77(6,74)75)7-8-39(58-40)33-26-57-65(2)30-33)46(76-5)24-44(35)69-14-11-31(12-15-69)28-68-17-19-70(20-18-68)45-23-43-36(21-38(45)54)50(63-66(43)3)71-16-13-47(72)61-52(71)73/h7-10,21-27,29-31H,11-20,28H2,1-6H3,(H,61,72,73)(H2,55,59,60,62). The van der Waals surface area contributed by atoms with Crippen LogP contribution in [0.5, 0.6) is 5.75 Å². The number of halogens is 2. The first kappa shape index (κ1) is 51.2. The minimum Gasteiger partial charge on any atom is -0.494 e. The van der Waals surface area contributed by atoms with Crippen molar-refractivity contribution in [3.05, 3.63) is 89.8 Å². The van der Waals surface area contributed by atoms with E-state index in [1.54, 1.807) is 46.7 Å². The number of ether oxygens (including phenoxy) is 1. The Bertz CT molecular complexity index is 3720. The lowest BCUT2D eigenvalue weighted by molar-refractivity contribution is -0.120. The fourth-order valence-electron chi connectivity index (χ4n) is 10.5. The Morgan fingerprint density at radius 3 is 2.25 bits per heavy atom. The summed E-state index contributed by atoms with van der Waals surface area (Å²) in [6.45, 7) is 5.72. The maximum Gasteiger partial charge on any atom is 0.329 e. The first-order valence-electron chi connectivity index (χ1n) is 25.1. The number of piperidine rings is 1. The van der Waals surface area contributed by atoms with E-state index in [0.29, 0.717) is 91.1 Å². The lowest BCUT2D eigenvalue weighted by Crippen LogP contribution is -2.49. The fraction of sp³-hybridized carbons (Fsp3) is 0.346. The molecule has 22 nitrogen and oxygen atoms in total. The van der Waals surface area contributed by atoms with E-state index in [4.69, 9.17) is 14.7 Å². The van der Waals surface area contributed by atoms with Crippen LogP contribution in [0.25, 0.3) is 44.2 Å². The number of nitrogens with one attached hydrogen (secondary N) is 3. The average Bonchev–Trinajstić information content (AvgIpc) is 4.26. The summed E-state index contributed by atoms with van der Waals surface area (Å²) < 4.78 is 55.1. The van der Waals surface area contributed by atoms with Crippen LogP contribution in [-0.2, 0) is 36.0 Å². The molecule has 3 amide bonds. The van der Waals surface area contributed by atoms with Gasteiger partial charge in [0.1, 0.15) is 17.4 Å². The number of urea groups is 1. The summed E-state index contributed by atoms with van der Waals surface area (Å²) in [5, 5.41) is 23.6. The number of piperazine rings is 1. The van der Waals surface area contributed by atoms with Crippen LogP contribution in [0, 0.1) is 11.7 Å². The molecule has 11 rings (SSSR count). The maximum atomic E-state index is 15.9. The van der Waals surface area contributed by atoms with Gasteiger partial charge < -0.3 is 25.2 Å². The van der Waals surface area contributed by atoms with Gasteiger partial charge in [0.2, 0.25) is 21.9 Å². The molecule has 8 heterocycles. The van der Waals surface area contributed by atoms with Gasteiger partial charge in [0.15, 0.2) is 5.82 Å². The molecular formula is C52H57BrFN17O5S. The molecule has 0 spiro atoms. The third-order valence-electron chi connectivity index (χ3n) is 14.6. The Labute approximate surface area is 452 Å². The molecule has 25 heteroatoms. The van der Waals surface area contributed by atoms with E-state index < -0.39 is 16.1 Å². The minimum atomic E-state index is -3.71. The third kappa shape index (κ3) is 10.3. The topological polar surface area (TPSA) is 222 Å². The summed E-state index contributed by atoms with van der Waals surface area (Å²) in [5.74, 6) is 1.33. The summed E-state index contributed by atoms with van der Waals surface area (Å²) in [6, 6.07) is 14.1. The molecule has 0 saturated carbocycles. The van der Waals surface area contributed by atoms with Crippen molar-refractivity contribution in [1.29, 1.82) is 0 Å². The van der Waals surface area contributed by atoms with Crippen molar-refractivity contribution in [3.8, 4) is 28.1 Å². The molecule has 3 saturated heterocycles. The number of carbonyl (C=O) groups is 2. The number of fused-ring (bicyclic) bond motifs is 2. The van der Waals surface area contributed by atoms with E-state index in [-0.39, 0.29) is 30.6 Å². The van der Waals surface area contributed by atoms with Crippen molar-refractivity contribution in [1.82, 2.24) is 54.5 Å². The van der Waals surface area contributed by atoms with E-state index in [0.717, 1.165) is 74.2 Å². The van der Waals surface area contributed by atoms with Crippen LogP contribution in [0.15, 0.2) is 84.0 Å². The maximum absolute atomic E-state index is 15.9. The highest BCUT2D eigenvalue weighted by molar-refractivity contribution is 9.10. The van der Waals surface area contributed by atoms with Crippen LogP contribution in [-0.4, -0.2) is 142 Å². The molecule has 3 aromatic carbocycles. The zero-order chi connectivity index (χ0) is 53.9. The van der Waals surface area contributed by atoms with Gasteiger partial charge in [0.25, 0.3) is 0 Å². The van der Waals surface area contributed by atoms with Crippen LogP contribution in [0.4, 0.5) is 55.2 Å². The number of rotatable bonds is 14. The molecule has 0 atom stereocenters. The first-order chi connectivity index (χ1) is 37.0. The Hall–Kier alpha value is -7.90. The van der Waals surface area contributed by atoms with E-state index in [1.165, 1.54) is 22.3 Å². The molecule has 0 radical (unpaired) electrons. The van der Waals surface area contributed by atoms with E-state index in [1.807, 2.05) is 69.1 Å². The number of sulfonamides is 1. The van der Waals surface area contributed by atoms with Gasteiger partial charge in [-0.25, -0.2) is 27.6 Å². The van der Waals surface area contributed by atoms with Crippen LogP contribution < -0.4 is 39.7 Å². The Balaban J connectivity index is 0.778. The molecule has 8 aromatic rings. The second-order valence-electron chi connectivity index (χ2n) is 19.7. The fourth-order valence-corrected chi connectivity index (χ4v) is 11.3. The molecule has 3 aliphatic heterocycles. The smallest absolute Gasteiger partial charge is 0.329 e. The van der Waals surface area contributed by atoms with Crippen molar-refractivity contribution >= 4 is 106 Å². The van der Waals surface area contributed by atoms with Gasteiger partial charge in [-0.3, -0.25) is 38.3 Å². The highest BCUT2D eigenvalue weighted by Gasteiger charge is 2.31. The summed E-state index contributed by atoms with van der Waals surface area (Å²) in [5.41, 5.74) is 7.77. The Kier molecular flexibility index (Phi) is 13.7. The van der Waals surface area contributed by atoms with Gasteiger partial charge in [-0.05, 0) is 77.2 Å². The molecule has 3 aliphatic rings. The number of imide groups is 1. The second kappa shape index (κ2) is 20.6. The zero-order valence-electron chi connectivity index (χ0n) is 43.3. The van der Waals surface area contributed by atoms with Gasteiger partial charge in [-0.1, -0.05) is 0 Å². The number of carbonyl (C=O) groups excluding carboxylic acids is 2. The molecule has 3 N–H and O–H groups in total. The molecule has 0 aliphatic carbocycles. The van der Waals surface area contributed by atoms with Crippen molar-refractivity contribution in [2.24, 2.45) is 27.1 Å². The van der Waals surface area contributed by atoms with Crippen molar-refractivity contribution in [2.75, 3.05) is 102 Å². The molecule has 0 unspecified atom stereocenters. The summed E-state index contributed by atoms with van der Waals surface area (Å²) in [7, 11) is 4.93. The molecule has 77 heavy (non-hydrogen) atoms. The van der Waals surface area contributed by atoms with Gasteiger partial charge in [-0.2, -0.15) is 20.3 Å². The number of aryl methyl sites for hydroxylation is 3. The molecule has 5 aromatic heterocycles. The number of nitrogens with zero attached hydrogens (tertiary/aromatic N) is 14. The molecular weight excluding hydrogens is 1070 g/mol. The molecule has 400 valence electrons. The number of hydrogen-bond acceptors (Lipinski definition) is 16. The van der Waals surface area contributed by atoms with Crippen molar-refractivity contribution < 1.29 is 27.1 Å². The lowest BCUT2D eigenvalue weighted by atomic mass is 9.94. The van der Waals surface area contributed by atoms with Crippen LogP contribution >= 0.6 is 15.9 Å². The van der Waals surface area contributed by atoms with Gasteiger partial charge in [0.05, 0.1) is 69.7 Å². The number of amides is 3. The highest BCUT2D eigenvalue weighted by atomic mass is 79.9. The van der Waals surface area contributed by atoms with E-state index in [9.17, 15) is 18.0 Å². The number of aromatic nitrogens is 9. The largest absolute Gasteiger partial charge is 0.494 e. The number of anilines is 8. The average molecular weight is 1130 g/mol. The van der Waals surface area contributed by atoms with Crippen LogP contribution in [0.2, 0.25) is 0 Å². The Morgan fingerprint density at radius 2 is 1.56 bits per heavy atom. The van der Waals surface area contributed by atoms with E-state index in [2.05, 4.69) is 66.9 Å². The first-order valence-corrected chi connectivity index (χ1v) is 27.8. The number of hydrogen-bond donors (Lipinski definition) is 3. The SMILES string of the molecule is COc1cc(N2CCC(CN3CCN(c4cc5c(cc4F)c(N4CCC(=O)NC4=O)nn5C)CC3)CC2)c(-c2cnn(C)c2)cc1Nc1ncc(Br)c(Nc2ccc3nc(-c4cnn(C)c4)ccc3c2N(C)S(C)(=O)=O)n1.